The van der Waals surface area contributed by atoms with Gasteiger partial charge < -0.3 is 15.1 Å². The molecule has 7 heteroatoms. The number of rotatable bonds is 7. The van der Waals surface area contributed by atoms with Crippen LogP contribution in [-0.2, 0) is 0 Å². The predicted molar refractivity (Wildman–Crippen MR) is 140 cm³/mol. The largest absolute Gasteiger partial charge is 0.350 e. The fraction of sp³-hybridized carbons (Fsp3) is 0.690. The van der Waals surface area contributed by atoms with Crippen molar-refractivity contribution in [2.45, 2.75) is 70.3 Å². The fourth-order valence-electron chi connectivity index (χ4n) is 8.31. The Bertz CT molecular complexity index is 1100. The maximum atomic E-state index is 13.3. The molecule has 7 rings (SSSR count). The van der Waals surface area contributed by atoms with Gasteiger partial charge in [-0.15, -0.1) is 0 Å². The van der Waals surface area contributed by atoms with Crippen LogP contribution in [0.2, 0.25) is 0 Å². The Kier molecular flexibility index (Phi) is 6.30. The predicted octanol–water partition coefficient (Wildman–Crippen LogP) is 4.23. The van der Waals surface area contributed by atoms with E-state index in [1.807, 2.05) is 25.2 Å². The van der Waals surface area contributed by atoms with Gasteiger partial charge in [0, 0.05) is 32.4 Å². The molecule has 1 aliphatic heterocycles. The van der Waals surface area contributed by atoms with Crippen molar-refractivity contribution in [2.24, 2.45) is 23.2 Å². The summed E-state index contributed by atoms with van der Waals surface area (Å²) in [6, 6.07) is 6.10. The van der Waals surface area contributed by atoms with E-state index in [0.717, 1.165) is 37.3 Å². The van der Waals surface area contributed by atoms with Gasteiger partial charge in [0.2, 0.25) is 0 Å². The van der Waals surface area contributed by atoms with Gasteiger partial charge in [0.25, 0.3) is 11.8 Å². The molecular formula is C29H41N5O2. The second-order valence-corrected chi connectivity index (χ2v) is 12.5. The average Bonchev–Trinajstić information content (AvgIpc) is 3.30. The first-order valence-electron chi connectivity index (χ1n) is 14.1. The number of hydrogen-bond donors (Lipinski definition) is 1. The van der Waals surface area contributed by atoms with Gasteiger partial charge in [0.05, 0.1) is 0 Å². The number of likely N-dealkylation sites (tertiary alicyclic amines) is 1. The van der Waals surface area contributed by atoms with Gasteiger partial charge >= 0.3 is 0 Å². The molecule has 1 atom stereocenters. The molecule has 2 aromatic heterocycles. The summed E-state index contributed by atoms with van der Waals surface area (Å²) in [6.07, 6.45) is 14.5. The minimum Gasteiger partial charge on any atom is -0.350 e. The van der Waals surface area contributed by atoms with Gasteiger partial charge in [-0.25, -0.2) is 4.98 Å². The molecule has 7 nitrogen and oxygen atoms in total. The van der Waals surface area contributed by atoms with Crippen LogP contribution in [0.4, 0.5) is 0 Å². The standard InChI is InChI=1S/C29H41N5O2/c1-32-10-4-3-6-23(32)9-11-33(2)28(36)24-18-34-25(7-5-8-26(34)31-24)27(35)30-19-29-15-20-12-21(16-29)14-22(13-20)17-29/h5,7-8,18,20-23H,3-4,6,9-17,19H2,1-2H3,(H,30,35). The third-order valence-corrected chi connectivity index (χ3v) is 9.80. The normalized spacial score (nSPS) is 31.6. The van der Waals surface area contributed by atoms with Crippen molar-refractivity contribution in [1.29, 1.82) is 0 Å². The van der Waals surface area contributed by atoms with E-state index >= 15 is 0 Å². The highest BCUT2D eigenvalue weighted by molar-refractivity contribution is 5.95. The summed E-state index contributed by atoms with van der Waals surface area (Å²) >= 11 is 0. The molecule has 4 saturated carbocycles. The van der Waals surface area contributed by atoms with E-state index in [4.69, 9.17) is 0 Å². The molecule has 2 aromatic rings. The van der Waals surface area contributed by atoms with E-state index in [2.05, 4.69) is 22.2 Å². The lowest BCUT2D eigenvalue weighted by atomic mass is 9.49. The van der Waals surface area contributed by atoms with Crippen molar-refractivity contribution in [3.05, 3.63) is 35.8 Å². The first-order chi connectivity index (χ1) is 17.4. The van der Waals surface area contributed by atoms with E-state index in [0.29, 0.717) is 35.0 Å². The van der Waals surface area contributed by atoms with E-state index in [1.54, 1.807) is 15.5 Å². The summed E-state index contributed by atoms with van der Waals surface area (Å²) in [5.41, 5.74) is 1.89. The summed E-state index contributed by atoms with van der Waals surface area (Å²) in [5.74, 6) is 2.46. The second-order valence-electron chi connectivity index (χ2n) is 12.5. The fourth-order valence-corrected chi connectivity index (χ4v) is 8.31. The molecule has 0 spiro atoms. The lowest BCUT2D eigenvalue weighted by Gasteiger charge is -2.56. The van der Waals surface area contributed by atoms with Crippen molar-refractivity contribution < 1.29 is 9.59 Å². The van der Waals surface area contributed by atoms with Crippen LogP contribution >= 0.6 is 0 Å². The highest BCUT2D eigenvalue weighted by atomic mass is 16.2. The molecule has 4 aliphatic carbocycles. The van der Waals surface area contributed by atoms with Crippen molar-refractivity contribution >= 4 is 17.5 Å². The number of imidazole rings is 1. The Morgan fingerprint density at radius 1 is 1.11 bits per heavy atom. The molecule has 0 aromatic carbocycles. The third kappa shape index (κ3) is 4.55. The van der Waals surface area contributed by atoms with Gasteiger partial charge in [-0.3, -0.25) is 14.0 Å². The van der Waals surface area contributed by atoms with Crippen molar-refractivity contribution in [3.8, 4) is 0 Å². The molecule has 1 N–H and O–H groups in total. The smallest absolute Gasteiger partial charge is 0.273 e. The number of carbonyl (C=O) groups is 2. The molecule has 36 heavy (non-hydrogen) atoms. The van der Waals surface area contributed by atoms with E-state index in [1.165, 1.54) is 57.8 Å². The van der Waals surface area contributed by atoms with Crippen molar-refractivity contribution in [3.63, 3.8) is 0 Å². The second kappa shape index (κ2) is 9.47. The first kappa shape index (κ1) is 24.0. The summed E-state index contributed by atoms with van der Waals surface area (Å²) in [7, 11) is 4.04. The van der Waals surface area contributed by atoms with Crippen LogP contribution in [0.15, 0.2) is 24.4 Å². The molecular weight excluding hydrogens is 450 g/mol. The maximum absolute atomic E-state index is 13.3. The zero-order valence-electron chi connectivity index (χ0n) is 21.9. The quantitative estimate of drug-likeness (QED) is 0.629. The summed E-state index contributed by atoms with van der Waals surface area (Å²) in [5, 5.41) is 3.28. The summed E-state index contributed by atoms with van der Waals surface area (Å²) in [4.78, 5) is 35.3. The number of hydrogen-bond acceptors (Lipinski definition) is 4. The lowest BCUT2D eigenvalue weighted by molar-refractivity contribution is -0.0503. The van der Waals surface area contributed by atoms with Crippen LogP contribution in [0.1, 0.15) is 85.2 Å². The topological polar surface area (TPSA) is 70.0 Å². The van der Waals surface area contributed by atoms with Crippen molar-refractivity contribution in [1.82, 2.24) is 24.5 Å². The minimum atomic E-state index is -0.0860. The van der Waals surface area contributed by atoms with Crippen LogP contribution in [0, 0.1) is 23.2 Å². The number of piperidine rings is 1. The van der Waals surface area contributed by atoms with Gasteiger partial charge in [-0.05, 0) is 107 Å². The number of pyridine rings is 1. The number of carbonyl (C=O) groups excluding carboxylic acids is 2. The maximum Gasteiger partial charge on any atom is 0.273 e. The van der Waals surface area contributed by atoms with Gasteiger partial charge in [0.1, 0.15) is 17.0 Å². The number of aromatic nitrogens is 2. The van der Waals surface area contributed by atoms with E-state index < -0.39 is 0 Å². The molecule has 5 fully saturated rings. The molecule has 0 radical (unpaired) electrons. The number of fused-ring (bicyclic) bond motifs is 1. The van der Waals surface area contributed by atoms with Crippen LogP contribution in [-0.4, -0.2) is 70.8 Å². The number of nitrogens with one attached hydrogen (secondary N) is 1. The Morgan fingerprint density at radius 2 is 1.83 bits per heavy atom. The molecule has 194 valence electrons. The Labute approximate surface area is 214 Å². The molecule has 5 aliphatic rings. The van der Waals surface area contributed by atoms with Gasteiger partial charge in [-0.2, -0.15) is 0 Å². The SMILES string of the molecule is CN(CCC1CCCCN1C)C(=O)c1cn2c(C(=O)NCC34CC5CC(CC(C5)C3)C4)cccc2n1. The van der Waals surface area contributed by atoms with Gasteiger partial charge in [-0.1, -0.05) is 12.5 Å². The zero-order chi connectivity index (χ0) is 24.9. The van der Waals surface area contributed by atoms with E-state index in [9.17, 15) is 9.59 Å². The number of nitrogens with zero attached hydrogens (tertiary/aromatic N) is 4. The van der Waals surface area contributed by atoms with Crippen LogP contribution in [0.25, 0.3) is 5.65 Å². The molecule has 3 heterocycles. The Morgan fingerprint density at radius 3 is 2.53 bits per heavy atom. The van der Waals surface area contributed by atoms with Crippen molar-refractivity contribution in [2.75, 3.05) is 33.7 Å². The third-order valence-electron chi connectivity index (χ3n) is 9.80. The zero-order valence-corrected chi connectivity index (χ0v) is 21.9. The first-order valence-corrected chi connectivity index (χ1v) is 14.1. The summed E-state index contributed by atoms with van der Waals surface area (Å²) in [6.45, 7) is 2.62. The lowest BCUT2D eigenvalue weighted by Crippen LogP contribution is -2.51. The molecule has 1 saturated heterocycles. The summed E-state index contributed by atoms with van der Waals surface area (Å²) < 4.78 is 1.78. The molecule has 2 amide bonds. The van der Waals surface area contributed by atoms with Crippen LogP contribution in [0.3, 0.4) is 0 Å². The highest BCUT2D eigenvalue weighted by Gasteiger charge is 2.50. The van der Waals surface area contributed by atoms with Crippen LogP contribution in [0.5, 0.6) is 0 Å². The highest BCUT2D eigenvalue weighted by Crippen LogP contribution is 2.59. The molecule has 4 bridgehead atoms. The van der Waals surface area contributed by atoms with E-state index in [-0.39, 0.29) is 11.8 Å². The number of amides is 2. The monoisotopic (exact) mass is 491 g/mol. The Hall–Kier alpha value is -2.41. The van der Waals surface area contributed by atoms with Crippen LogP contribution < -0.4 is 5.32 Å². The minimum absolute atomic E-state index is 0.0681. The van der Waals surface area contributed by atoms with Gasteiger partial charge in [0.15, 0.2) is 0 Å². The average molecular weight is 492 g/mol. The Balaban J connectivity index is 1.12. The molecule has 1 unspecified atom stereocenters.